The van der Waals surface area contributed by atoms with E-state index in [0.29, 0.717) is 5.71 Å². The summed E-state index contributed by atoms with van der Waals surface area (Å²) in [5.41, 5.74) is 11.8. The average Bonchev–Trinajstić information content (AvgIpc) is 3.93. The smallest absolute Gasteiger partial charge is 0.227 e. The third-order valence-electron chi connectivity index (χ3n) is 10.9. The van der Waals surface area contributed by atoms with Gasteiger partial charge in [0.05, 0.1) is 50.4 Å². The van der Waals surface area contributed by atoms with Crippen LogP contribution in [0.4, 0.5) is 0 Å². The molecule has 0 atom stereocenters. The second-order valence-electron chi connectivity index (χ2n) is 13.6. The molecule has 0 bridgehead atoms. The number of rotatable bonds is 3. The minimum atomic E-state index is 0.653. The Morgan fingerprint density at radius 1 is 0.327 bits per heavy atom. The minimum absolute atomic E-state index is 0.653. The van der Waals surface area contributed by atoms with Crippen molar-refractivity contribution in [1.82, 2.24) is 18.7 Å². The third-order valence-corrected chi connectivity index (χ3v) is 10.9. The van der Waals surface area contributed by atoms with Crippen molar-refractivity contribution >= 4 is 87.5 Å². The lowest BCUT2D eigenvalue weighted by Crippen LogP contribution is -1.97. The van der Waals surface area contributed by atoms with Crippen LogP contribution in [0.1, 0.15) is 0 Å². The molecule has 0 saturated heterocycles. The van der Waals surface area contributed by atoms with Crippen molar-refractivity contribution in [2.45, 2.75) is 0 Å². The molecule has 0 amide bonds. The number of pyridine rings is 1. The maximum absolute atomic E-state index is 6.07. The Morgan fingerprint density at radius 3 is 1.23 bits per heavy atom. The first-order valence-corrected chi connectivity index (χ1v) is 17.6. The van der Waals surface area contributed by atoms with Crippen LogP contribution in [-0.4, -0.2) is 18.7 Å². The van der Waals surface area contributed by atoms with Crippen molar-refractivity contribution in [1.29, 1.82) is 0 Å². The Kier molecular flexibility index (Phi) is 5.44. The Balaban J connectivity index is 1.08. The number of aromatic nitrogens is 4. The van der Waals surface area contributed by atoms with Gasteiger partial charge in [-0.3, -0.25) is 0 Å². The van der Waals surface area contributed by atoms with Gasteiger partial charge in [0.1, 0.15) is 5.58 Å². The summed E-state index contributed by atoms with van der Waals surface area (Å²) >= 11 is 0. The van der Waals surface area contributed by atoms with Gasteiger partial charge in [-0.2, -0.15) is 0 Å². The Morgan fingerprint density at radius 2 is 0.712 bits per heavy atom. The van der Waals surface area contributed by atoms with E-state index in [0.717, 1.165) is 44.5 Å². The molecule has 52 heavy (non-hydrogen) atoms. The number of benzene rings is 7. The van der Waals surface area contributed by atoms with Gasteiger partial charge in [-0.25, -0.2) is 4.98 Å². The fourth-order valence-corrected chi connectivity index (χ4v) is 8.68. The molecule has 0 fully saturated rings. The van der Waals surface area contributed by atoms with E-state index < -0.39 is 0 Å². The second-order valence-corrected chi connectivity index (χ2v) is 13.6. The van der Waals surface area contributed by atoms with Gasteiger partial charge in [-0.05, 0) is 72.8 Å². The van der Waals surface area contributed by atoms with E-state index in [1.54, 1.807) is 0 Å². The molecule has 5 aromatic heterocycles. The first-order chi connectivity index (χ1) is 25.8. The predicted octanol–water partition coefficient (Wildman–Crippen LogP) is 12.3. The molecule has 0 aliphatic rings. The summed E-state index contributed by atoms with van der Waals surface area (Å²) in [7, 11) is 0. The molecule has 0 N–H and O–H groups in total. The van der Waals surface area contributed by atoms with Crippen LogP contribution in [0, 0.1) is 0 Å². The molecule has 7 aromatic carbocycles. The lowest BCUT2D eigenvalue weighted by molar-refractivity contribution is 0.654. The van der Waals surface area contributed by atoms with Crippen molar-refractivity contribution < 1.29 is 4.42 Å². The van der Waals surface area contributed by atoms with Crippen molar-refractivity contribution in [3.8, 4) is 17.1 Å². The third kappa shape index (κ3) is 3.69. The molecular weight excluding hydrogens is 637 g/mol. The summed E-state index contributed by atoms with van der Waals surface area (Å²) in [6.07, 6.45) is 1.92. The van der Waals surface area contributed by atoms with Crippen LogP contribution >= 0.6 is 0 Å². The van der Waals surface area contributed by atoms with E-state index in [1.807, 2.05) is 24.4 Å². The van der Waals surface area contributed by atoms with Gasteiger partial charge in [-0.15, -0.1) is 0 Å². The molecule has 0 aliphatic heterocycles. The lowest BCUT2D eigenvalue weighted by atomic mass is 10.1. The van der Waals surface area contributed by atoms with E-state index in [1.165, 1.54) is 54.4 Å². The van der Waals surface area contributed by atoms with Crippen LogP contribution in [0.15, 0.2) is 174 Å². The van der Waals surface area contributed by atoms with Gasteiger partial charge >= 0.3 is 0 Å². The molecule has 12 aromatic rings. The molecule has 5 nitrogen and oxygen atoms in total. The monoisotopic (exact) mass is 664 g/mol. The first-order valence-electron chi connectivity index (χ1n) is 17.6. The zero-order chi connectivity index (χ0) is 33.9. The van der Waals surface area contributed by atoms with Crippen LogP contribution in [0.25, 0.3) is 105 Å². The van der Waals surface area contributed by atoms with Crippen molar-refractivity contribution in [2.24, 2.45) is 0 Å². The van der Waals surface area contributed by atoms with Crippen LogP contribution < -0.4 is 0 Å². The van der Waals surface area contributed by atoms with Gasteiger partial charge in [0, 0.05) is 49.1 Å². The summed E-state index contributed by atoms with van der Waals surface area (Å²) in [6.45, 7) is 0. The minimum Gasteiger partial charge on any atom is -0.438 e. The van der Waals surface area contributed by atoms with Gasteiger partial charge in [0.15, 0.2) is 0 Å². The van der Waals surface area contributed by atoms with E-state index >= 15 is 0 Å². The molecule has 0 saturated carbocycles. The number of hydrogen-bond donors (Lipinski definition) is 0. The first kappa shape index (κ1) is 27.7. The molecule has 242 valence electrons. The average molecular weight is 665 g/mol. The molecule has 5 heterocycles. The Bertz CT molecular complexity index is 3370. The highest BCUT2D eigenvalue weighted by Gasteiger charge is 2.19. The van der Waals surface area contributed by atoms with E-state index in [2.05, 4.69) is 159 Å². The standard InChI is InChI=1S/C47H28N4O/c1-6-16-40-32(11-1)33-12-2-7-17-41(33)49(40)29-21-23-44-37(25-29)34-13-3-8-18-42(34)50(44)30-22-24-45-38(26-30)35-14-4-9-19-43(35)51(45)31-27-39-36-15-5-10-20-46(36)52-47(39)48-28-31/h1-28H. The summed E-state index contributed by atoms with van der Waals surface area (Å²) < 4.78 is 13.2. The number of fused-ring (bicyclic) bond motifs is 12. The van der Waals surface area contributed by atoms with Gasteiger partial charge in [0.2, 0.25) is 5.71 Å². The molecular formula is C47H28N4O. The highest BCUT2D eigenvalue weighted by atomic mass is 16.3. The van der Waals surface area contributed by atoms with Crippen molar-refractivity contribution in [3.05, 3.63) is 170 Å². The lowest BCUT2D eigenvalue weighted by Gasteiger charge is -2.11. The summed E-state index contributed by atoms with van der Waals surface area (Å²) in [6, 6.07) is 58.9. The van der Waals surface area contributed by atoms with Gasteiger partial charge in [-0.1, -0.05) is 91.0 Å². The largest absolute Gasteiger partial charge is 0.438 e. The van der Waals surface area contributed by atoms with Gasteiger partial charge < -0.3 is 18.1 Å². The fraction of sp³-hybridized carbons (Fsp3) is 0. The summed E-state index contributed by atoms with van der Waals surface area (Å²) in [4.78, 5) is 4.78. The maximum atomic E-state index is 6.07. The van der Waals surface area contributed by atoms with Crippen molar-refractivity contribution in [2.75, 3.05) is 0 Å². The van der Waals surface area contributed by atoms with Crippen LogP contribution in [-0.2, 0) is 0 Å². The number of para-hydroxylation sites is 5. The molecule has 0 spiro atoms. The Hall–Kier alpha value is -7.11. The zero-order valence-electron chi connectivity index (χ0n) is 27.9. The maximum Gasteiger partial charge on any atom is 0.227 e. The van der Waals surface area contributed by atoms with E-state index in [4.69, 9.17) is 9.40 Å². The molecule has 0 aliphatic carbocycles. The SMILES string of the molecule is c1ccc2c(c1)oc1ncc(-n3c4ccccc4c4cc(-n5c6ccccc6c6cc(-n7c8ccccc8c8ccccc87)ccc65)ccc43)cc12. The van der Waals surface area contributed by atoms with Gasteiger partial charge in [0.25, 0.3) is 0 Å². The fourth-order valence-electron chi connectivity index (χ4n) is 8.68. The highest BCUT2D eigenvalue weighted by molar-refractivity contribution is 6.14. The Labute approximate surface area is 296 Å². The zero-order valence-corrected chi connectivity index (χ0v) is 27.9. The van der Waals surface area contributed by atoms with Crippen LogP contribution in [0.2, 0.25) is 0 Å². The van der Waals surface area contributed by atoms with Crippen LogP contribution in [0.3, 0.4) is 0 Å². The topological polar surface area (TPSA) is 40.8 Å². The van der Waals surface area contributed by atoms with Crippen LogP contribution in [0.5, 0.6) is 0 Å². The second kappa shape index (κ2) is 10.2. The summed E-state index contributed by atoms with van der Waals surface area (Å²) in [5.74, 6) is 0. The molecule has 5 heteroatoms. The molecule has 0 unspecified atom stereocenters. The molecule has 0 radical (unpaired) electrons. The molecule has 12 rings (SSSR count). The van der Waals surface area contributed by atoms with E-state index in [-0.39, 0.29) is 0 Å². The van der Waals surface area contributed by atoms with Crippen molar-refractivity contribution in [3.63, 3.8) is 0 Å². The highest BCUT2D eigenvalue weighted by Crippen LogP contribution is 2.39. The number of furan rings is 1. The quantitative estimate of drug-likeness (QED) is 0.189. The normalized spacial score (nSPS) is 12.2. The number of nitrogens with zero attached hydrogens (tertiary/aromatic N) is 4. The predicted molar refractivity (Wildman–Crippen MR) is 215 cm³/mol. The van der Waals surface area contributed by atoms with E-state index in [9.17, 15) is 0 Å². The summed E-state index contributed by atoms with van der Waals surface area (Å²) in [5, 5.41) is 9.47. The number of hydrogen-bond acceptors (Lipinski definition) is 2.